The summed E-state index contributed by atoms with van der Waals surface area (Å²) in [6.07, 6.45) is 6.39. The van der Waals surface area contributed by atoms with Crippen molar-refractivity contribution in [2.45, 2.75) is 37.9 Å². The molecular formula is C28H34N4O. The van der Waals surface area contributed by atoms with Gasteiger partial charge in [0.1, 0.15) is 0 Å². The fraction of sp³-hybridized carbons (Fsp3) is 0.357. The van der Waals surface area contributed by atoms with Crippen LogP contribution in [0.2, 0.25) is 0 Å². The van der Waals surface area contributed by atoms with Gasteiger partial charge in [0.25, 0.3) is 0 Å². The van der Waals surface area contributed by atoms with Crippen LogP contribution in [0.5, 0.6) is 0 Å². The molecule has 0 bridgehead atoms. The van der Waals surface area contributed by atoms with Gasteiger partial charge in [-0.05, 0) is 67.7 Å². The van der Waals surface area contributed by atoms with E-state index < -0.39 is 0 Å². The summed E-state index contributed by atoms with van der Waals surface area (Å²) >= 11 is 0. The standard InChI is InChI=1S/C28H34N4O/c1-31(2)26-14-18-32(19-15-26)28(33)27(20-22-6-4-3-5-7-22)30-21-23-8-10-24(11-9-23)25-12-16-29-17-13-25/h3-13,16-17,26-27,30H,14-15,18-21H2,1-2H3/t27-/m0/s1. The quantitative estimate of drug-likeness (QED) is 0.573. The van der Waals surface area contributed by atoms with E-state index in [2.05, 4.69) is 65.7 Å². The highest BCUT2D eigenvalue weighted by molar-refractivity contribution is 5.82. The minimum absolute atomic E-state index is 0.212. The van der Waals surface area contributed by atoms with Crippen molar-refractivity contribution in [2.24, 2.45) is 0 Å². The average Bonchev–Trinajstić information content (AvgIpc) is 2.87. The summed E-state index contributed by atoms with van der Waals surface area (Å²) < 4.78 is 0. The summed E-state index contributed by atoms with van der Waals surface area (Å²) in [4.78, 5) is 21.9. The molecule has 1 amide bonds. The Kier molecular flexibility index (Phi) is 7.87. The number of nitrogens with zero attached hydrogens (tertiary/aromatic N) is 3. The van der Waals surface area contributed by atoms with Crippen LogP contribution >= 0.6 is 0 Å². The fourth-order valence-corrected chi connectivity index (χ4v) is 4.52. The number of hydrogen-bond acceptors (Lipinski definition) is 4. The van der Waals surface area contributed by atoms with Gasteiger partial charge in [-0.1, -0.05) is 54.6 Å². The molecule has 2 aromatic carbocycles. The molecule has 1 aromatic heterocycles. The molecular weight excluding hydrogens is 408 g/mol. The predicted molar refractivity (Wildman–Crippen MR) is 134 cm³/mol. The summed E-state index contributed by atoms with van der Waals surface area (Å²) in [5.74, 6) is 0.212. The van der Waals surface area contributed by atoms with Crippen LogP contribution in [0, 0.1) is 0 Å². The van der Waals surface area contributed by atoms with Gasteiger partial charge in [0.2, 0.25) is 5.91 Å². The lowest BCUT2D eigenvalue weighted by Crippen LogP contribution is -2.52. The number of rotatable bonds is 8. The maximum atomic E-state index is 13.5. The average molecular weight is 443 g/mol. The molecule has 1 aliphatic heterocycles. The van der Waals surface area contributed by atoms with Crippen molar-refractivity contribution < 1.29 is 4.79 Å². The normalized spacial score (nSPS) is 15.5. The monoisotopic (exact) mass is 442 g/mol. The number of carbonyl (C=O) groups excluding carboxylic acids is 1. The Hall–Kier alpha value is -3.02. The van der Waals surface area contributed by atoms with Crippen LogP contribution in [0.1, 0.15) is 24.0 Å². The molecule has 0 radical (unpaired) electrons. The maximum Gasteiger partial charge on any atom is 0.240 e. The highest BCUT2D eigenvalue weighted by atomic mass is 16.2. The van der Waals surface area contributed by atoms with E-state index >= 15 is 0 Å². The number of pyridine rings is 1. The summed E-state index contributed by atoms with van der Waals surface area (Å²) in [6.45, 7) is 2.32. The summed E-state index contributed by atoms with van der Waals surface area (Å²) in [5.41, 5.74) is 4.68. The van der Waals surface area contributed by atoms with E-state index in [-0.39, 0.29) is 11.9 Å². The number of hydrogen-bond donors (Lipinski definition) is 1. The second-order valence-electron chi connectivity index (χ2n) is 9.08. The van der Waals surface area contributed by atoms with Crippen molar-refractivity contribution in [3.63, 3.8) is 0 Å². The van der Waals surface area contributed by atoms with Crippen LogP contribution in [0.25, 0.3) is 11.1 Å². The minimum Gasteiger partial charge on any atom is -0.341 e. The smallest absolute Gasteiger partial charge is 0.240 e. The fourth-order valence-electron chi connectivity index (χ4n) is 4.52. The van der Waals surface area contributed by atoms with Gasteiger partial charge in [0.05, 0.1) is 6.04 Å². The molecule has 1 saturated heterocycles. The van der Waals surface area contributed by atoms with Crippen molar-refractivity contribution in [3.8, 4) is 11.1 Å². The lowest BCUT2D eigenvalue weighted by atomic mass is 10.00. The Morgan fingerprint density at radius 2 is 1.58 bits per heavy atom. The Labute approximate surface area is 197 Å². The highest BCUT2D eigenvalue weighted by Gasteiger charge is 2.28. The molecule has 1 aliphatic rings. The van der Waals surface area contributed by atoms with E-state index in [1.54, 1.807) is 0 Å². The number of amides is 1. The van der Waals surface area contributed by atoms with E-state index in [9.17, 15) is 4.79 Å². The molecule has 1 atom stereocenters. The molecule has 5 nitrogen and oxygen atoms in total. The van der Waals surface area contributed by atoms with Gasteiger partial charge in [0.15, 0.2) is 0 Å². The van der Waals surface area contributed by atoms with E-state index in [0.29, 0.717) is 19.0 Å². The SMILES string of the molecule is CN(C)C1CCN(C(=O)[C@H](Cc2ccccc2)NCc2ccc(-c3ccncc3)cc2)CC1. The molecule has 1 fully saturated rings. The minimum atomic E-state index is -0.233. The number of nitrogens with one attached hydrogen (secondary N) is 1. The van der Waals surface area contributed by atoms with Gasteiger partial charge in [-0.15, -0.1) is 0 Å². The molecule has 5 heteroatoms. The molecule has 33 heavy (non-hydrogen) atoms. The Balaban J connectivity index is 1.42. The number of aromatic nitrogens is 1. The summed E-state index contributed by atoms with van der Waals surface area (Å²) in [7, 11) is 4.25. The van der Waals surface area contributed by atoms with Crippen molar-refractivity contribution in [3.05, 3.63) is 90.3 Å². The third-order valence-electron chi connectivity index (χ3n) is 6.61. The number of likely N-dealkylation sites (tertiary alicyclic amines) is 1. The van der Waals surface area contributed by atoms with Gasteiger partial charge in [-0.25, -0.2) is 0 Å². The van der Waals surface area contributed by atoms with Gasteiger partial charge in [-0.3, -0.25) is 9.78 Å². The van der Waals surface area contributed by atoms with Crippen LogP contribution in [0.15, 0.2) is 79.1 Å². The van der Waals surface area contributed by atoms with Crippen LogP contribution in [-0.2, 0) is 17.8 Å². The molecule has 4 rings (SSSR count). The molecule has 0 saturated carbocycles. The predicted octanol–water partition coefficient (Wildman–Crippen LogP) is 4.00. The molecule has 3 aromatic rings. The van der Waals surface area contributed by atoms with E-state index in [0.717, 1.165) is 31.5 Å². The van der Waals surface area contributed by atoms with Crippen LogP contribution in [0.4, 0.5) is 0 Å². The first-order valence-corrected chi connectivity index (χ1v) is 11.8. The summed E-state index contributed by atoms with van der Waals surface area (Å²) in [6, 6.07) is 23.2. The molecule has 1 N–H and O–H groups in total. The van der Waals surface area contributed by atoms with E-state index in [1.165, 1.54) is 16.7 Å². The van der Waals surface area contributed by atoms with Gasteiger partial charge >= 0.3 is 0 Å². The zero-order chi connectivity index (χ0) is 23.0. The topological polar surface area (TPSA) is 48.5 Å². The number of piperidine rings is 1. The third-order valence-corrected chi connectivity index (χ3v) is 6.61. The Bertz CT molecular complexity index is 997. The second kappa shape index (κ2) is 11.2. The van der Waals surface area contributed by atoms with E-state index in [1.807, 2.05) is 47.6 Å². The zero-order valence-corrected chi connectivity index (χ0v) is 19.7. The maximum absolute atomic E-state index is 13.5. The second-order valence-corrected chi connectivity index (χ2v) is 9.08. The number of carbonyl (C=O) groups is 1. The van der Waals surface area contributed by atoms with Crippen LogP contribution < -0.4 is 5.32 Å². The molecule has 2 heterocycles. The largest absolute Gasteiger partial charge is 0.341 e. The third kappa shape index (κ3) is 6.28. The molecule has 0 aliphatic carbocycles. The van der Waals surface area contributed by atoms with Crippen molar-refractivity contribution >= 4 is 5.91 Å². The van der Waals surface area contributed by atoms with E-state index in [4.69, 9.17) is 0 Å². The van der Waals surface area contributed by atoms with Crippen LogP contribution in [-0.4, -0.2) is 60.0 Å². The van der Waals surface area contributed by atoms with Crippen molar-refractivity contribution in [1.29, 1.82) is 0 Å². The first-order chi connectivity index (χ1) is 16.1. The zero-order valence-electron chi connectivity index (χ0n) is 19.7. The lowest BCUT2D eigenvalue weighted by molar-refractivity contribution is -0.135. The first-order valence-electron chi connectivity index (χ1n) is 11.8. The van der Waals surface area contributed by atoms with Gasteiger partial charge in [0, 0.05) is 38.1 Å². The first kappa shape index (κ1) is 23.1. The van der Waals surface area contributed by atoms with Gasteiger partial charge < -0.3 is 15.1 Å². The number of benzene rings is 2. The Morgan fingerprint density at radius 1 is 0.939 bits per heavy atom. The van der Waals surface area contributed by atoms with Crippen molar-refractivity contribution in [2.75, 3.05) is 27.2 Å². The highest BCUT2D eigenvalue weighted by Crippen LogP contribution is 2.19. The molecule has 0 spiro atoms. The summed E-state index contributed by atoms with van der Waals surface area (Å²) in [5, 5.41) is 3.56. The van der Waals surface area contributed by atoms with Crippen LogP contribution in [0.3, 0.4) is 0 Å². The van der Waals surface area contributed by atoms with Gasteiger partial charge in [-0.2, -0.15) is 0 Å². The Morgan fingerprint density at radius 3 is 2.21 bits per heavy atom. The lowest BCUT2D eigenvalue weighted by Gasteiger charge is -2.37. The molecule has 0 unspecified atom stereocenters. The molecule has 172 valence electrons. The van der Waals surface area contributed by atoms with Crippen molar-refractivity contribution in [1.82, 2.24) is 20.1 Å².